The number of halogens is 12. The van der Waals surface area contributed by atoms with E-state index in [0.29, 0.717) is 48.9 Å². The molecule has 0 bridgehead atoms. The maximum atomic E-state index is 14.2. The van der Waals surface area contributed by atoms with Crippen LogP contribution in [-0.4, -0.2) is 57.7 Å². The Labute approximate surface area is 526 Å². The van der Waals surface area contributed by atoms with Gasteiger partial charge >= 0.3 is 7.12 Å². The van der Waals surface area contributed by atoms with Crippen LogP contribution in [0.1, 0.15) is 5.56 Å². The summed E-state index contributed by atoms with van der Waals surface area (Å²) >= 11 is 23.2. The van der Waals surface area contributed by atoms with E-state index in [1.807, 2.05) is 15.5 Å². The molecule has 0 saturated heterocycles. The van der Waals surface area contributed by atoms with E-state index in [9.17, 15) is 66.9 Å². The van der Waals surface area contributed by atoms with E-state index in [-0.39, 0.29) is 31.9 Å². The van der Waals surface area contributed by atoms with Crippen molar-refractivity contribution in [2.45, 2.75) is 28.4 Å². The van der Waals surface area contributed by atoms with Crippen molar-refractivity contribution in [2.24, 2.45) is 0 Å². The van der Waals surface area contributed by atoms with E-state index in [1.54, 1.807) is 91.9 Å². The van der Waals surface area contributed by atoms with Crippen LogP contribution in [0.4, 0.5) is 43.4 Å². The second kappa shape index (κ2) is 30.3. The fourth-order valence-corrected chi connectivity index (χ4v) is 12.9. The maximum Gasteiger partial charge on any atom is 0.448 e. The van der Waals surface area contributed by atoms with Gasteiger partial charge in [-0.1, -0.05) is 158 Å². The first kappa shape index (κ1) is 70.1. The van der Waals surface area contributed by atoms with Gasteiger partial charge in [-0.2, -0.15) is 0 Å². The molecule has 0 aromatic heterocycles. The minimum absolute atomic E-state index is 0.0196. The third kappa shape index (κ3) is 19.2. The molecular weight excluding hydrogens is 1410 g/mol. The Morgan fingerprint density at radius 1 is 0.453 bits per heavy atom. The molecule has 86 heavy (non-hydrogen) atoms. The predicted molar refractivity (Wildman–Crippen MR) is 330 cm³/mol. The fraction of sp³-hybridized carbons (Fsp3) is 0.0357. The third-order valence-electron chi connectivity index (χ3n) is 10.9. The van der Waals surface area contributed by atoms with E-state index in [2.05, 4.69) is 31.9 Å². The summed E-state index contributed by atoms with van der Waals surface area (Å²) in [6.07, 6.45) is 0. The number of nitrogens with one attached hydrogen (secondary N) is 2. The predicted octanol–water partition coefficient (Wildman–Crippen LogP) is 15.7. The van der Waals surface area contributed by atoms with Gasteiger partial charge in [-0.05, 0) is 90.6 Å². The Bertz CT molecular complexity index is 4100. The monoisotopic (exact) mass is 1450 g/mol. The molecule has 0 unspecified atom stereocenters. The molecule has 9 aromatic rings. The third-order valence-corrected chi connectivity index (χ3v) is 16.8. The summed E-state index contributed by atoms with van der Waals surface area (Å²) in [6, 6.07) is 38.4. The van der Waals surface area contributed by atoms with Crippen molar-refractivity contribution in [3.63, 3.8) is 0 Å². The van der Waals surface area contributed by atoms with Gasteiger partial charge in [0.15, 0.2) is 17.2 Å². The fourth-order valence-electron chi connectivity index (χ4n) is 7.12. The summed E-state index contributed by atoms with van der Waals surface area (Å²) in [7, 11) is -8.87. The molecule has 9 rings (SSSR count). The Kier molecular flexibility index (Phi) is 24.7. The number of phenolic OH excluding ortho intramolecular Hbond substituents is 3. The van der Waals surface area contributed by atoms with Gasteiger partial charge < -0.3 is 31.1 Å². The molecule has 0 aliphatic rings. The van der Waals surface area contributed by atoms with Gasteiger partial charge in [0.1, 0.15) is 49.6 Å². The molecule has 30 heteroatoms. The van der Waals surface area contributed by atoms with E-state index in [4.69, 9.17) is 61.3 Å². The normalized spacial score (nSPS) is 11.0. The van der Waals surface area contributed by atoms with Crippen LogP contribution < -0.4 is 15.2 Å². The molecular formula is C56H42BBr2Cl4F6N3O11S3. The highest BCUT2D eigenvalue weighted by Gasteiger charge is 2.26. The topological polar surface area (TPSA) is 254 Å². The van der Waals surface area contributed by atoms with Gasteiger partial charge in [0.25, 0.3) is 29.1 Å². The Morgan fingerprint density at radius 3 is 1.12 bits per heavy atom. The zero-order valence-electron chi connectivity index (χ0n) is 43.7. The molecule has 0 spiro atoms. The molecule has 9 aromatic carbocycles. The van der Waals surface area contributed by atoms with Crippen LogP contribution >= 0.6 is 77.3 Å². The number of aryl methyl sites for hydroxylation is 1. The molecule has 0 radical (unpaired) electrons. The number of nitrogen functional groups attached to an aromatic ring is 1. The molecule has 0 saturated carbocycles. The number of benzene rings is 9. The second-order valence-corrected chi connectivity index (χ2v) is 26.3. The lowest BCUT2D eigenvalue weighted by atomic mass is 9.99. The number of phenols is 3. The summed E-state index contributed by atoms with van der Waals surface area (Å²) in [5.41, 5.74) is 6.86. The SMILES string of the molecule is CB(O)O.Cc1cc(Cl)c(O)c(S(=O)(=O)Nc2cc(-c3ccccc3)c(F)cc2F)c1.Nc1cc(-c2ccccc2)c(F)cc1F.O=S(=O)(Cl)c1cc(Br)cc(Cl)c1O.O=S(=O)(Nc1cc(-c2ccccc2)c(F)cc1F)c1cc(Br)cc(Cl)c1O. The van der Waals surface area contributed by atoms with Crippen molar-refractivity contribution < 1.29 is 77.0 Å². The molecule has 0 fully saturated rings. The summed E-state index contributed by atoms with van der Waals surface area (Å²) < 4.78 is 160. The number of sulfonamides is 2. The number of hydrogen-bond acceptors (Lipinski definition) is 12. The van der Waals surface area contributed by atoms with Crippen molar-refractivity contribution in [1.82, 2.24) is 0 Å². The molecule has 0 heterocycles. The summed E-state index contributed by atoms with van der Waals surface area (Å²) in [4.78, 5) is -1.46. The van der Waals surface area contributed by atoms with E-state index in [0.717, 1.165) is 24.3 Å². The van der Waals surface area contributed by atoms with Gasteiger partial charge in [0, 0.05) is 54.5 Å². The summed E-state index contributed by atoms with van der Waals surface area (Å²) in [5, 5.41) is 44.0. The van der Waals surface area contributed by atoms with Crippen molar-refractivity contribution >= 4 is 131 Å². The summed E-state index contributed by atoms with van der Waals surface area (Å²) in [5.74, 6) is -7.07. The largest absolute Gasteiger partial charge is 0.505 e. The van der Waals surface area contributed by atoms with Crippen LogP contribution in [0.2, 0.25) is 21.9 Å². The molecule has 0 aliphatic heterocycles. The Balaban J connectivity index is 0.000000213. The minimum atomic E-state index is -4.40. The van der Waals surface area contributed by atoms with Gasteiger partial charge in [-0.3, -0.25) is 9.44 Å². The smallest absolute Gasteiger partial charge is 0.448 e. The van der Waals surface area contributed by atoms with E-state index < -0.39 is 114 Å². The number of rotatable bonds is 10. The minimum Gasteiger partial charge on any atom is -0.505 e. The first-order chi connectivity index (χ1) is 40.1. The number of hydrogen-bond donors (Lipinski definition) is 8. The molecule has 452 valence electrons. The standard InChI is InChI=1S/C19H14ClF2NO3S.C18H11BrClF2NO3S.C12H9F2N.C6H3BrCl2O3S.CH5BO2/c1-11-7-14(20)19(24)18(8-11)27(25,26)23-17-9-13(15(21)10-16(17)22)12-5-3-2-4-6-12;19-11-6-13(20)18(24)17(7-11)27(25,26)23-16-8-12(14(21)9-15(16)22)10-4-2-1-3-5-10;13-10-7-11(14)12(15)6-9(10)8-4-2-1-3-5-8;7-3-1-4(8)6(10)5(2-3)13(9,11)12;1-2(3)4/h2-10,23-24H,1H3;1-9,23-24H;1-7H,15H2;1-2,10H;3-4H,1H3. The van der Waals surface area contributed by atoms with Crippen LogP contribution in [0.3, 0.4) is 0 Å². The van der Waals surface area contributed by atoms with Crippen LogP contribution in [0.5, 0.6) is 17.2 Å². The van der Waals surface area contributed by atoms with Gasteiger partial charge in [-0.25, -0.2) is 51.6 Å². The number of aromatic hydroxyl groups is 3. The lowest BCUT2D eigenvalue weighted by Crippen LogP contribution is -2.15. The van der Waals surface area contributed by atoms with Crippen molar-refractivity contribution in [3.05, 3.63) is 228 Å². The molecule has 0 aliphatic carbocycles. The number of nitrogens with two attached hydrogens (primary N) is 1. The van der Waals surface area contributed by atoms with Gasteiger partial charge in [0.05, 0.1) is 32.1 Å². The molecule has 14 nitrogen and oxygen atoms in total. The van der Waals surface area contributed by atoms with Gasteiger partial charge in [0.2, 0.25) is 0 Å². The van der Waals surface area contributed by atoms with Gasteiger partial charge in [-0.15, -0.1) is 0 Å². The van der Waals surface area contributed by atoms with Crippen molar-refractivity contribution in [3.8, 4) is 50.6 Å². The van der Waals surface area contributed by atoms with E-state index in [1.165, 1.54) is 43.2 Å². The van der Waals surface area contributed by atoms with Crippen LogP contribution in [0, 0.1) is 41.8 Å². The molecule has 0 amide bonds. The average molecular weight is 1460 g/mol. The van der Waals surface area contributed by atoms with Crippen molar-refractivity contribution in [1.29, 1.82) is 0 Å². The molecule has 0 atom stereocenters. The number of anilines is 3. The van der Waals surface area contributed by atoms with E-state index >= 15 is 0 Å². The lowest BCUT2D eigenvalue weighted by molar-refractivity contribution is 0.417. The highest BCUT2D eigenvalue weighted by Crippen LogP contribution is 2.39. The second-order valence-electron chi connectivity index (χ2n) is 17.4. The summed E-state index contributed by atoms with van der Waals surface area (Å²) in [6.45, 7) is 2.87. The highest BCUT2D eigenvalue weighted by atomic mass is 79.9. The van der Waals surface area contributed by atoms with Crippen molar-refractivity contribution in [2.75, 3.05) is 15.2 Å². The highest BCUT2D eigenvalue weighted by molar-refractivity contribution is 9.10. The Morgan fingerprint density at radius 2 is 0.756 bits per heavy atom. The average Bonchev–Trinajstić information content (AvgIpc) is 2.66. The van der Waals surface area contributed by atoms with Crippen LogP contribution in [0.25, 0.3) is 33.4 Å². The zero-order chi connectivity index (χ0) is 64.2. The first-order valence-corrected chi connectivity index (χ1v) is 31.7. The van der Waals surface area contributed by atoms with Crippen LogP contribution in [0.15, 0.2) is 187 Å². The first-order valence-electron chi connectivity index (χ1n) is 23.7. The molecule has 9 N–H and O–H groups in total. The zero-order valence-corrected chi connectivity index (χ0v) is 52.3. The van der Waals surface area contributed by atoms with Crippen LogP contribution in [-0.2, 0) is 29.1 Å². The maximum absolute atomic E-state index is 14.2. The lowest BCUT2D eigenvalue weighted by Gasteiger charge is -2.13. The quantitative estimate of drug-likeness (QED) is 0.0275. The Hall–Kier alpha value is -6.69.